The predicted molar refractivity (Wildman–Crippen MR) is 61.6 cm³/mol. The van der Waals surface area contributed by atoms with Crippen molar-refractivity contribution in [3.05, 3.63) is 30.1 Å². The van der Waals surface area contributed by atoms with Crippen molar-refractivity contribution >= 4 is 16.9 Å². The molecular formula is C11H14N4O. The molecule has 0 aliphatic heterocycles. The fraction of sp³-hybridized carbons (Fsp3) is 0.273. The summed E-state index contributed by atoms with van der Waals surface area (Å²) in [6.45, 7) is 2.02. The number of nitrogens with zero attached hydrogens (tertiary/aromatic N) is 1. The van der Waals surface area contributed by atoms with Crippen LogP contribution in [0.25, 0.3) is 11.0 Å². The molecule has 0 radical (unpaired) electrons. The van der Waals surface area contributed by atoms with E-state index in [0.717, 1.165) is 16.9 Å². The summed E-state index contributed by atoms with van der Waals surface area (Å²) in [5, 5.41) is 2.70. The van der Waals surface area contributed by atoms with Gasteiger partial charge in [0.1, 0.15) is 5.82 Å². The normalized spacial score (nSPS) is 12.6. The van der Waals surface area contributed by atoms with Crippen LogP contribution in [0.15, 0.2) is 24.3 Å². The van der Waals surface area contributed by atoms with Crippen molar-refractivity contribution in [3.8, 4) is 0 Å². The maximum absolute atomic E-state index is 11.3. The predicted octanol–water partition coefficient (Wildman–Crippen LogP) is 0.526. The van der Waals surface area contributed by atoms with Gasteiger partial charge in [-0.3, -0.25) is 4.79 Å². The lowest BCUT2D eigenvalue weighted by molar-refractivity contribution is -0.122. The van der Waals surface area contributed by atoms with E-state index in [1.54, 1.807) is 6.92 Å². The molecule has 4 N–H and O–H groups in total. The number of amides is 1. The maximum Gasteiger partial charge on any atom is 0.237 e. The van der Waals surface area contributed by atoms with Crippen molar-refractivity contribution in [2.24, 2.45) is 5.73 Å². The Bertz CT molecular complexity index is 470. The number of H-pyrrole nitrogens is 1. The van der Waals surface area contributed by atoms with Gasteiger partial charge in [-0.1, -0.05) is 12.1 Å². The number of hydrogen-bond donors (Lipinski definition) is 3. The smallest absolute Gasteiger partial charge is 0.237 e. The van der Waals surface area contributed by atoms with E-state index < -0.39 is 6.04 Å². The third kappa shape index (κ3) is 2.20. The second-order valence-corrected chi connectivity index (χ2v) is 3.71. The second-order valence-electron chi connectivity index (χ2n) is 3.71. The molecule has 1 amide bonds. The number of carbonyl (C=O) groups excluding carboxylic acids is 1. The average molecular weight is 218 g/mol. The molecular weight excluding hydrogens is 204 g/mol. The van der Waals surface area contributed by atoms with E-state index in [0.29, 0.717) is 6.54 Å². The molecule has 0 bridgehead atoms. The number of para-hydroxylation sites is 2. The summed E-state index contributed by atoms with van der Waals surface area (Å²) < 4.78 is 0. The molecule has 16 heavy (non-hydrogen) atoms. The summed E-state index contributed by atoms with van der Waals surface area (Å²) in [6.07, 6.45) is 0. The van der Waals surface area contributed by atoms with Crippen LogP contribution in [0.5, 0.6) is 0 Å². The van der Waals surface area contributed by atoms with Gasteiger partial charge in [0.15, 0.2) is 0 Å². The Morgan fingerprint density at radius 2 is 2.31 bits per heavy atom. The van der Waals surface area contributed by atoms with Crippen molar-refractivity contribution in [3.63, 3.8) is 0 Å². The minimum absolute atomic E-state index is 0.180. The Balaban J connectivity index is 2.07. The summed E-state index contributed by atoms with van der Waals surface area (Å²) in [7, 11) is 0. The van der Waals surface area contributed by atoms with Gasteiger partial charge in [0, 0.05) is 0 Å². The van der Waals surface area contributed by atoms with E-state index >= 15 is 0 Å². The zero-order valence-corrected chi connectivity index (χ0v) is 9.03. The second kappa shape index (κ2) is 4.32. The van der Waals surface area contributed by atoms with E-state index in [4.69, 9.17) is 5.73 Å². The van der Waals surface area contributed by atoms with Gasteiger partial charge in [0.05, 0.1) is 23.6 Å². The molecule has 1 aromatic carbocycles. The quantitative estimate of drug-likeness (QED) is 0.702. The molecule has 1 aromatic heterocycles. The van der Waals surface area contributed by atoms with Crippen LogP contribution < -0.4 is 11.1 Å². The number of carbonyl (C=O) groups is 1. The minimum atomic E-state index is -0.496. The summed E-state index contributed by atoms with van der Waals surface area (Å²) >= 11 is 0. The maximum atomic E-state index is 11.3. The average Bonchev–Trinajstić information content (AvgIpc) is 2.68. The standard InChI is InChI=1S/C11H14N4O/c1-7(12)11(16)13-6-10-14-8-4-2-3-5-9(8)15-10/h2-5,7H,6,12H2,1H3,(H,13,16)(H,14,15). The third-order valence-corrected chi connectivity index (χ3v) is 2.28. The van der Waals surface area contributed by atoms with Crippen LogP contribution in [-0.2, 0) is 11.3 Å². The molecule has 0 fully saturated rings. The van der Waals surface area contributed by atoms with Crippen LogP contribution in [0.1, 0.15) is 12.7 Å². The monoisotopic (exact) mass is 218 g/mol. The van der Waals surface area contributed by atoms with Crippen molar-refractivity contribution in [2.45, 2.75) is 19.5 Å². The van der Waals surface area contributed by atoms with Gasteiger partial charge in [-0.2, -0.15) is 0 Å². The third-order valence-electron chi connectivity index (χ3n) is 2.28. The molecule has 5 nitrogen and oxygen atoms in total. The molecule has 0 saturated heterocycles. The Morgan fingerprint density at radius 1 is 1.56 bits per heavy atom. The van der Waals surface area contributed by atoms with E-state index in [1.165, 1.54) is 0 Å². The molecule has 0 aliphatic carbocycles. The first kappa shape index (κ1) is 10.6. The fourth-order valence-electron chi connectivity index (χ4n) is 1.42. The summed E-state index contributed by atoms with van der Waals surface area (Å²) in [4.78, 5) is 18.7. The Morgan fingerprint density at radius 3 is 3.00 bits per heavy atom. The first-order valence-corrected chi connectivity index (χ1v) is 5.14. The molecule has 2 aromatic rings. The molecule has 0 aliphatic rings. The van der Waals surface area contributed by atoms with Crippen molar-refractivity contribution < 1.29 is 4.79 Å². The van der Waals surface area contributed by atoms with Crippen LogP contribution in [0.3, 0.4) is 0 Å². The Hall–Kier alpha value is -1.88. The van der Waals surface area contributed by atoms with Gasteiger partial charge in [0.25, 0.3) is 0 Å². The Labute approximate surface area is 93.1 Å². The first-order chi connectivity index (χ1) is 7.66. The van der Waals surface area contributed by atoms with E-state index in [1.807, 2.05) is 24.3 Å². The number of rotatable bonds is 3. The largest absolute Gasteiger partial charge is 0.348 e. The molecule has 0 saturated carbocycles. The van der Waals surface area contributed by atoms with Crippen LogP contribution in [0, 0.1) is 0 Å². The minimum Gasteiger partial charge on any atom is -0.348 e. The molecule has 2 rings (SSSR count). The number of aromatic nitrogens is 2. The first-order valence-electron chi connectivity index (χ1n) is 5.14. The van der Waals surface area contributed by atoms with E-state index in [9.17, 15) is 4.79 Å². The van der Waals surface area contributed by atoms with Crippen molar-refractivity contribution in [2.75, 3.05) is 0 Å². The number of nitrogens with one attached hydrogen (secondary N) is 2. The number of aromatic amines is 1. The van der Waals surface area contributed by atoms with Crippen molar-refractivity contribution in [1.29, 1.82) is 0 Å². The van der Waals surface area contributed by atoms with Crippen LogP contribution in [0.2, 0.25) is 0 Å². The van der Waals surface area contributed by atoms with Gasteiger partial charge >= 0.3 is 0 Å². The highest BCUT2D eigenvalue weighted by Crippen LogP contribution is 2.09. The van der Waals surface area contributed by atoms with Crippen LogP contribution in [0.4, 0.5) is 0 Å². The summed E-state index contributed by atoms with van der Waals surface area (Å²) in [6, 6.07) is 7.23. The Kier molecular flexibility index (Phi) is 2.87. The number of nitrogens with two attached hydrogens (primary N) is 1. The molecule has 1 unspecified atom stereocenters. The van der Waals surface area contributed by atoms with Gasteiger partial charge in [-0.15, -0.1) is 0 Å². The topological polar surface area (TPSA) is 83.8 Å². The lowest BCUT2D eigenvalue weighted by Gasteiger charge is -2.05. The van der Waals surface area contributed by atoms with E-state index in [2.05, 4.69) is 15.3 Å². The van der Waals surface area contributed by atoms with Crippen LogP contribution in [-0.4, -0.2) is 21.9 Å². The molecule has 1 atom stereocenters. The lowest BCUT2D eigenvalue weighted by atomic mass is 10.3. The summed E-state index contributed by atoms with van der Waals surface area (Å²) in [5.74, 6) is 0.552. The highest BCUT2D eigenvalue weighted by Gasteiger charge is 2.07. The van der Waals surface area contributed by atoms with Gasteiger partial charge < -0.3 is 16.0 Å². The SMILES string of the molecule is CC(N)C(=O)NCc1nc2ccccc2[nH]1. The van der Waals surface area contributed by atoms with Crippen LogP contribution >= 0.6 is 0 Å². The van der Waals surface area contributed by atoms with E-state index in [-0.39, 0.29) is 5.91 Å². The van der Waals surface area contributed by atoms with Gasteiger partial charge in [-0.05, 0) is 19.1 Å². The van der Waals surface area contributed by atoms with Gasteiger partial charge in [-0.25, -0.2) is 4.98 Å². The molecule has 0 spiro atoms. The molecule has 1 heterocycles. The number of benzene rings is 1. The number of imidazole rings is 1. The number of hydrogen-bond acceptors (Lipinski definition) is 3. The fourth-order valence-corrected chi connectivity index (χ4v) is 1.42. The zero-order chi connectivity index (χ0) is 11.5. The number of fused-ring (bicyclic) bond motifs is 1. The zero-order valence-electron chi connectivity index (χ0n) is 9.03. The lowest BCUT2D eigenvalue weighted by Crippen LogP contribution is -2.38. The van der Waals surface area contributed by atoms with Gasteiger partial charge in [0.2, 0.25) is 5.91 Å². The highest BCUT2D eigenvalue weighted by molar-refractivity contribution is 5.81. The molecule has 84 valence electrons. The summed E-state index contributed by atoms with van der Waals surface area (Å²) in [5.41, 5.74) is 7.29. The highest BCUT2D eigenvalue weighted by atomic mass is 16.2. The molecule has 5 heteroatoms. The van der Waals surface area contributed by atoms with Crippen molar-refractivity contribution in [1.82, 2.24) is 15.3 Å².